The van der Waals surface area contributed by atoms with Gasteiger partial charge in [0.25, 0.3) is 5.91 Å². The predicted molar refractivity (Wildman–Crippen MR) is 106 cm³/mol. The number of carbonyl (C=O) groups is 1. The summed E-state index contributed by atoms with van der Waals surface area (Å²) in [6.45, 7) is 3.73. The Morgan fingerprint density at radius 2 is 1.78 bits per heavy atom. The summed E-state index contributed by atoms with van der Waals surface area (Å²) in [4.78, 5) is 27.5. The highest BCUT2D eigenvalue weighted by atomic mass is 35.5. The minimum Gasteiger partial charge on any atom is -0.303 e. The van der Waals surface area contributed by atoms with Crippen molar-refractivity contribution in [3.05, 3.63) is 86.8 Å². The number of hydrogen-bond acceptors (Lipinski definition) is 3. The molecule has 1 aliphatic heterocycles. The number of benzene rings is 2. The van der Waals surface area contributed by atoms with Crippen LogP contribution in [0.2, 0.25) is 5.02 Å². The van der Waals surface area contributed by atoms with Crippen LogP contribution in [-0.4, -0.2) is 21.7 Å². The fourth-order valence-corrected chi connectivity index (χ4v) is 3.77. The Balaban J connectivity index is 1.83. The Morgan fingerprint density at radius 1 is 1.11 bits per heavy atom. The van der Waals surface area contributed by atoms with Crippen LogP contribution in [0.15, 0.2) is 59.4 Å². The minimum atomic E-state index is -0.391. The zero-order valence-electron chi connectivity index (χ0n) is 15.0. The molecule has 0 saturated carbocycles. The maximum absolute atomic E-state index is 13.2. The van der Waals surface area contributed by atoms with Gasteiger partial charge in [0.05, 0.1) is 10.7 Å². The van der Waals surface area contributed by atoms with Crippen molar-refractivity contribution >= 4 is 23.2 Å². The molecule has 4 rings (SSSR count). The zero-order valence-corrected chi connectivity index (χ0v) is 15.8. The average Bonchev–Trinajstić information content (AvgIpc) is 2.98. The first-order valence-corrected chi connectivity index (χ1v) is 9.12. The lowest BCUT2D eigenvalue weighted by molar-refractivity contribution is 0.0974. The van der Waals surface area contributed by atoms with Gasteiger partial charge in [-0.15, -0.1) is 0 Å². The van der Waals surface area contributed by atoms with Crippen LogP contribution in [-0.2, 0) is 6.42 Å². The molecule has 0 saturated heterocycles. The highest BCUT2D eigenvalue weighted by molar-refractivity contribution is 6.32. The molecule has 0 bridgehead atoms. The van der Waals surface area contributed by atoms with E-state index in [2.05, 4.69) is 5.10 Å². The number of para-hydroxylation sites is 2. The molecule has 1 aliphatic rings. The van der Waals surface area contributed by atoms with E-state index in [1.165, 1.54) is 6.07 Å². The minimum absolute atomic E-state index is 0.0360. The first-order valence-electron chi connectivity index (χ1n) is 8.74. The molecule has 2 aromatic carbocycles. The molecular weight excluding hydrogens is 362 g/mol. The number of aromatic nitrogens is 2. The van der Waals surface area contributed by atoms with Gasteiger partial charge in [-0.2, -0.15) is 5.10 Å². The van der Waals surface area contributed by atoms with Gasteiger partial charge in [0.1, 0.15) is 0 Å². The Labute approximate surface area is 161 Å². The molecule has 27 heavy (non-hydrogen) atoms. The summed E-state index contributed by atoms with van der Waals surface area (Å²) in [6.07, 6.45) is 0.756. The average molecular weight is 380 g/mol. The molecule has 5 nitrogen and oxygen atoms in total. The van der Waals surface area contributed by atoms with Crippen LogP contribution in [0, 0.1) is 6.92 Å². The summed E-state index contributed by atoms with van der Waals surface area (Å²) in [5.41, 5.74) is 2.67. The highest BCUT2D eigenvalue weighted by Gasteiger charge is 2.33. The van der Waals surface area contributed by atoms with Crippen molar-refractivity contribution in [2.45, 2.75) is 26.3 Å². The number of carbonyl (C=O) groups excluding carboxylic acids is 1. The second-order valence-corrected chi connectivity index (χ2v) is 7.13. The smallest absolute Gasteiger partial charge is 0.283 e. The van der Waals surface area contributed by atoms with E-state index in [0.29, 0.717) is 16.4 Å². The second-order valence-electron chi connectivity index (χ2n) is 6.72. The molecule has 0 radical (unpaired) electrons. The lowest BCUT2D eigenvalue weighted by Crippen LogP contribution is -2.39. The van der Waals surface area contributed by atoms with E-state index >= 15 is 0 Å². The Kier molecular flexibility index (Phi) is 4.32. The predicted octanol–water partition coefficient (Wildman–Crippen LogP) is 3.79. The summed E-state index contributed by atoms with van der Waals surface area (Å²) in [7, 11) is 0. The highest BCUT2D eigenvalue weighted by Crippen LogP contribution is 2.32. The van der Waals surface area contributed by atoms with Crippen LogP contribution >= 0.6 is 11.6 Å². The Hall–Kier alpha value is -2.92. The molecule has 6 heteroatoms. The standard InChI is InChI=1S/C21H18ClN3O2/c1-13-11-15-7-3-5-9-17(15)24(13)21(27)20-19(26)12-14(2)25(23-20)18-10-6-4-8-16(18)22/h3-10,12-13H,11H2,1-2H3. The lowest BCUT2D eigenvalue weighted by Gasteiger charge is -2.22. The number of anilines is 1. The van der Waals surface area contributed by atoms with Gasteiger partial charge in [0.2, 0.25) is 5.43 Å². The maximum Gasteiger partial charge on any atom is 0.283 e. The Morgan fingerprint density at radius 3 is 2.52 bits per heavy atom. The number of halogens is 1. The number of fused-ring (bicyclic) bond motifs is 1. The number of hydrogen-bond donors (Lipinski definition) is 0. The lowest BCUT2D eigenvalue weighted by atomic mass is 10.1. The summed E-state index contributed by atoms with van der Waals surface area (Å²) in [5.74, 6) is -0.391. The molecule has 1 unspecified atom stereocenters. The van der Waals surface area contributed by atoms with Gasteiger partial charge in [-0.1, -0.05) is 41.9 Å². The van der Waals surface area contributed by atoms with Crippen molar-refractivity contribution < 1.29 is 4.79 Å². The molecule has 1 atom stereocenters. The zero-order chi connectivity index (χ0) is 19.1. The summed E-state index contributed by atoms with van der Waals surface area (Å²) in [6, 6.07) is 16.3. The van der Waals surface area contributed by atoms with Gasteiger partial charge >= 0.3 is 0 Å². The number of rotatable bonds is 2. The van der Waals surface area contributed by atoms with E-state index in [9.17, 15) is 9.59 Å². The van der Waals surface area contributed by atoms with E-state index in [0.717, 1.165) is 17.7 Å². The first-order chi connectivity index (χ1) is 13.0. The van der Waals surface area contributed by atoms with E-state index < -0.39 is 11.3 Å². The van der Waals surface area contributed by atoms with Gasteiger partial charge in [0, 0.05) is 23.5 Å². The summed E-state index contributed by atoms with van der Waals surface area (Å²) >= 11 is 6.29. The van der Waals surface area contributed by atoms with Gasteiger partial charge in [0.15, 0.2) is 5.69 Å². The molecule has 3 aromatic rings. The SMILES string of the molecule is Cc1cc(=O)c(C(=O)N2c3ccccc3CC2C)nn1-c1ccccc1Cl. The van der Waals surface area contributed by atoms with E-state index in [1.54, 1.807) is 28.6 Å². The third kappa shape index (κ3) is 2.94. The van der Waals surface area contributed by atoms with Gasteiger partial charge in [-0.25, -0.2) is 4.68 Å². The van der Waals surface area contributed by atoms with Gasteiger partial charge < -0.3 is 4.90 Å². The molecule has 0 aliphatic carbocycles. The summed E-state index contributed by atoms with van der Waals surface area (Å²) < 4.78 is 1.55. The van der Waals surface area contributed by atoms with Gasteiger partial charge in [-0.05, 0) is 44.0 Å². The van der Waals surface area contributed by atoms with Crippen molar-refractivity contribution in [1.29, 1.82) is 0 Å². The fraction of sp³-hybridized carbons (Fsp3) is 0.190. The van der Waals surface area contributed by atoms with Crippen LogP contribution in [0.1, 0.15) is 28.7 Å². The summed E-state index contributed by atoms with van der Waals surface area (Å²) in [5, 5.41) is 4.88. The van der Waals surface area contributed by atoms with Crippen molar-refractivity contribution in [3.8, 4) is 5.69 Å². The van der Waals surface area contributed by atoms with Crippen molar-refractivity contribution in [3.63, 3.8) is 0 Å². The molecule has 1 aromatic heterocycles. The number of aryl methyl sites for hydroxylation is 1. The Bertz CT molecular complexity index is 1110. The quantitative estimate of drug-likeness (QED) is 0.680. The first kappa shape index (κ1) is 17.5. The topological polar surface area (TPSA) is 55.2 Å². The number of nitrogens with zero attached hydrogens (tertiary/aromatic N) is 3. The fourth-order valence-electron chi connectivity index (χ4n) is 3.55. The molecule has 2 heterocycles. The maximum atomic E-state index is 13.2. The van der Waals surface area contributed by atoms with Crippen LogP contribution in [0.3, 0.4) is 0 Å². The van der Waals surface area contributed by atoms with Crippen LogP contribution in [0.5, 0.6) is 0 Å². The monoisotopic (exact) mass is 379 g/mol. The molecule has 136 valence electrons. The van der Waals surface area contributed by atoms with Crippen LogP contribution < -0.4 is 10.3 Å². The third-order valence-corrected chi connectivity index (χ3v) is 5.14. The normalized spacial score (nSPS) is 15.7. The van der Waals surface area contributed by atoms with Crippen molar-refractivity contribution in [2.75, 3.05) is 4.90 Å². The van der Waals surface area contributed by atoms with Crippen LogP contribution in [0.25, 0.3) is 5.69 Å². The van der Waals surface area contributed by atoms with Crippen molar-refractivity contribution in [1.82, 2.24) is 9.78 Å². The van der Waals surface area contributed by atoms with E-state index in [-0.39, 0.29) is 11.7 Å². The second kappa shape index (κ2) is 6.67. The van der Waals surface area contributed by atoms with E-state index in [1.807, 2.05) is 43.3 Å². The van der Waals surface area contributed by atoms with E-state index in [4.69, 9.17) is 11.6 Å². The van der Waals surface area contributed by atoms with Crippen molar-refractivity contribution in [2.24, 2.45) is 0 Å². The third-order valence-electron chi connectivity index (χ3n) is 4.82. The molecule has 0 N–H and O–H groups in total. The van der Waals surface area contributed by atoms with Crippen LogP contribution in [0.4, 0.5) is 5.69 Å². The molecule has 0 spiro atoms. The molecule has 0 fully saturated rings. The van der Waals surface area contributed by atoms with Gasteiger partial charge in [-0.3, -0.25) is 9.59 Å². The molecule has 1 amide bonds. The largest absolute Gasteiger partial charge is 0.303 e. The number of amides is 1. The molecular formula is C21H18ClN3O2.